The van der Waals surface area contributed by atoms with Gasteiger partial charge in [0.1, 0.15) is 0 Å². The van der Waals surface area contributed by atoms with E-state index >= 15 is 0 Å². The van der Waals surface area contributed by atoms with Crippen LogP contribution in [0.3, 0.4) is 0 Å². The van der Waals surface area contributed by atoms with E-state index in [0.717, 1.165) is 5.56 Å². The van der Waals surface area contributed by atoms with Gasteiger partial charge in [-0.25, -0.2) is 16.8 Å². The molecule has 2 fully saturated rings. The molecular formula is C17H26N2O5S2. The van der Waals surface area contributed by atoms with Crippen molar-refractivity contribution in [3.63, 3.8) is 0 Å². The quantitative estimate of drug-likeness (QED) is 0.777. The minimum absolute atomic E-state index is 0.0580. The first-order valence-electron chi connectivity index (χ1n) is 8.83. The number of hydrogen-bond donors (Lipinski definition) is 1. The second kappa shape index (κ2) is 7.20. The summed E-state index contributed by atoms with van der Waals surface area (Å²) in [6, 6.07) is 6.53. The lowest BCUT2D eigenvalue weighted by Crippen LogP contribution is -2.54. The Bertz CT molecular complexity index is 842. The first kappa shape index (κ1) is 19.8. The van der Waals surface area contributed by atoms with E-state index in [2.05, 4.69) is 13.8 Å². The maximum atomic E-state index is 12.8. The molecule has 2 aliphatic heterocycles. The average molecular weight is 403 g/mol. The van der Waals surface area contributed by atoms with Crippen LogP contribution in [0.4, 0.5) is 0 Å². The molecule has 0 spiro atoms. The summed E-state index contributed by atoms with van der Waals surface area (Å²) in [6.45, 7) is 5.52. The van der Waals surface area contributed by atoms with Crippen LogP contribution in [-0.4, -0.2) is 81.0 Å². The summed E-state index contributed by atoms with van der Waals surface area (Å²) in [6.07, 6.45) is -0.897. The summed E-state index contributed by atoms with van der Waals surface area (Å²) < 4.78 is 50.5. The number of hydrogen-bond acceptors (Lipinski definition) is 6. The third-order valence-corrected chi connectivity index (χ3v) is 8.83. The van der Waals surface area contributed by atoms with E-state index in [0.29, 0.717) is 19.0 Å². The molecule has 1 aromatic rings. The van der Waals surface area contributed by atoms with Crippen LogP contribution in [0.5, 0.6) is 0 Å². The molecule has 26 heavy (non-hydrogen) atoms. The van der Waals surface area contributed by atoms with Crippen molar-refractivity contribution in [1.29, 1.82) is 0 Å². The molecule has 2 atom stereocenters. The summed E-state index contributed by atoms with van der Waals surface area (Å²) in [5.41, 5.74) is 1.09. The lowest BCUT2D eigenvalue weighted by atomic mass is 10.0. The lowest BCUT2D eigenvalue weighted by Gasteiger charge is -2.37. The van der Waals surface area contributed by atoms with Crippen molar-refractivity contribution >= 4 is 19.9 Å². The largest absolute Gasteiger partial charge is 0.390 e. The predicted octanol–water partition coefficient (Wildman–Crippen LogP) is 0.274. The van der Waals surface area contributed by atoms with Crippen LogP contribution in [-0.2, 0) is 19.9 Å². The van der Waals surface area contributed by atoms with Gasteiger partial charge >= 0.3 is 0 Å². The minimum Gasteiger partial charge on any atom is -0.390 e. The molecular weight excluding hydrogens is 376 g/mol. The molecule has 2 heterocycles. The van der Waals surface area contributed by atoms with Crippen LogP contribution >= 0.6 is 0 Å². The van der Waals surface area contributed by atoms with Crippen LogP contribution in [0.25, 0.3) is 0 Å². The number of rotatable bonds is 4. The van der Waals surface area contributed by atoms with Crippen molar-refractivity contribution in [2.24, 2.45) is 0 Å². The van der Waals surface area contributed by atoms with Gasteiger partial charge in [-0.15, -0.1) is 0 Å². The standard InChI is InChI=1S/C17H26N2O5S2/c1-13(2)14-3-5-15(6-4-14)26(23,24)19-9-7-18(8-10-19)16-11-25(21,22)12-17(16)20/h3-6,13,16-17,20H,7-12H2,1-2H3/t16-,17-/m0/s1. The zero-order chi connectivity index (χ0) is 19.1. The van der Waals surface area contributed by atoms with Crippen LogP contribution in [0, 0.1) is 0 Å². The Morgan fingerprint density at radius 1 is 1.04 bits per heavy atom. The normalized spacial score (nSPS) is 27.8. The third-order valence-electron chi connectivity index (χ3n) is 5.22. The molecule has 2 saturated heterocycles. The van der Waals surface area contributed by atoms with Gasteiger partial charge in [-0.1, -0.05) is 26.0 Å². The van der Waals surface area contributed by atoms with Gasteiger partial charge in [0.15, 0.2) is 9.84 Å². The monoisotopic (exact) mass is 402 g/mol. The molecule has 146 valence electrons. The number of nitrogens with zero attached hydrogens (tertiary/aromatic N) is 2. The van der Waals surface area contributed by atoms with Crippen molar-refractivity contribution in [2.75, 3.05) is 37.7 Å². The molecule has 1 aromatic carbocycles. The molecule has 0 radical (unpaired) electrons. The molecule has 0 aliphatic carbocycles. The van der Waals surface area contributed by atoms with Crippen LogP contribution in [0.1, 0.15) is 25.3 Å². The predicted molar refractivity (Wildman–Crippen MR) is 99.3 cm³/mol. The Balaban J connectivity index is 1.67. The number of sulfone groups is 1. The molecule has 0 bridgehead atoms. The number of aliphatic hydroxyl groups excluding tert-OH is 1. The van der Waals surface area contributed by atoms with E-state index < -0.39 is 32.0 Å². The van der Waals surface area contributed by atoms with Gasteiger partial charge in [0.25, 0.3) is 0 Å². The van der Waals surface area contributed by atoms with Crippen molar-refractivity contribution in [3.05, 3.63) is 29.8 Å². The second-order valence-corrected chi connectivity index (χ2v) is 11.5. The Morgan fingerprint density at radius 2 is 1.62 bits per heavy atom. The van der Waals surface area contributed by atoms with Crippen LogP contribution in [0.2, 0.25) is 0 Å². The molecule has 0 aromatic heterocycles. The maximum absolute atomic E-state index is 12.8. The first-order chi connectivity index (χ1) is 12.1. The molecule has 1 N–H and O–H groups in total. The Hall–Kier alpha value is -1.00. The zero-order valence-electron chi connectivity index (χ0n) is 15.1. The van der Waals surface area contributed by atoms with Gasteiger partial charge < -0.3 is 5.11 Å². The SMILES string of the molecule is CC(C)c1ccc(S(=O)(=O)N2CCN([C@H]3CS(=O)(=O)C[C@@H]3O)CC2)cc1. The van der Waals surface area contributed by atoms with Crippen molar-refractivity contribution in [2.45, 2.75) is 36.8 Å². The lowest BCUT2D eigenvalue weighted by molar-refractivity contribution is 0.0618. The Kier molecular flexibility index (Phi) is 5.47. The van der Waals surface area contributed by atoms with Gasteiger partial charge in [0.2, 0.25) is 10.0 Å². The summed E-state index contributed by atoms with van der Waals surface area (Å²) in [5.74, 6) is 0.0695. The highest BCUT2D eigenvalue weighted by atomic mass is 32.2. The van der Waals surface area contributed by atoms with E-state index in [-0.39, 0.29) is 29.5 Å². The summed E-state index contributed by atoms with van der Waals surface area (Å²) in [7, 11) is -6.78. The fraction of sp³-hybridized carbons (Fsp3) is 0.647. The fourth-order valence-corrected chi connectivity index (χ4v) is 6.86. The number of sulfonamides is 1. The number of benzene rings is 1. The highest BCUT2D eigenvalue weighted by molar-refractivity contribution is 7.91. The molecule has 0 amide bonds. The first-order valence-corrected chi connectivity index (χ1v) is 12.1. The van der Waals surface area contributed by atoms with Gasteiger partial charge in [-0.05, 0) is 23.6 Å². The molecule has 0 unspecified atom stereocenters. The zero-order valence-corrected chi connectivity index (χ0v) is 16.7. The van der Waals surface area contributed by atoms with Gasteiger partial charge in [-0.3, -0.25) is 4.90 Å². The summed E-state index contributed by atoms with van der Waals surface area (Å²) in [5, 5.41) is 10.00. The van der Waals surface area contributed by atoms with Gasteiger partial charge in [-0.2, -0.15) is 4.31 Å². The number of aliphatic hydroxyl groups is 1. The van der Waals surface area contributed by atoms with Crippen LogP contribution in [0.15, 0.2) is 29.2 Å². The second-order valence-electron chi connectivity index (χ2n) is 7.38. The van der Waals surface area contributed by atoms with Gasteiger partial charge in [0.05, 0.1) is 28.5 Å². The van der Waals surface area contributed by atoms with E-state index in [1.165, 1.54) is 4.31 Å². The highest BCUT2D eigenvalue weighted by Gasteiger charge is 2.41. The molecule has 0 saturated carbocycles. The van der Waals surface area contributed by atoms with Crippen LogP contribution < -0.4 is 0 Å². The highest BCUT2D eigenvalue weighted by Crippen LogP contribution is 2.24. The van der Waals surface area contributed by atoms with E-state index in [9.17, 15) is 21.9 Å². The Morgan fingerprint density at radius 3 is 2.08 bits per heavy atom. The average Bonchev–Trinajstić information content (AvgIpc) is 2.87. The third kappa shape index (κ3) is 3.96. The summed E-state index contributed by atoms with van der Waals surface area (Å²) >= 11 is 0. The van der Waals surface area contributed by atoms with E-state index in [4.69, 9.17) is 0 Å². The van der Waals surface area contributed by atoms with Crippen molar-refractivity contribution < 1.29 is 21.9 Å². The van der Waals surface area contributed by atoms with Crippen molar-refractivity contribution in [3.8, 4) is 0 Å². The topological polar surface area (TPSA) is 95.0 Å². The number of piperazine rings is 1. The van der Waals surface area contributed by atoms with Crippen molar-refractivity contribution in [1.82, 2.24) is 9.21 Å². The minimum atomic E-state index is -3.56. The van der Waals surface area contributed by atoms with Gasteiger partial charge in [0, 0.05) is 26.2 Å². The molecule has 3 rings (SSSR count). The fourth-order valence-electron chi connectivity index (χ4n) is 3.61. The van der Waals surface area contributed by atoms with E-state index in [1.807, 2.05) is 17.0 Å². The van der Waals surface area contributed by atoms with E-state index in [1.54, 1.807) is 12.1 Å². The Labute approximate surface area is 155 Å². The smallest absolute Gasteiger partial charge is 0.243 e. The maximum Gasteiger partial charge on any atom is 0.243 e. The molecule has 2 aliphatic rings. The summed E-state index contributed by atoms with van der Waals surface area (Å²) in [4.78, 5) is 2.17. The molecule has 9 heteroatoms. The molecule has 7 nitrogen and oxygen atoms in total.